The number of carbonyl (C=O) groups excluding carboxylic acids is 1. The van der Waals surface area contributed by atoms with Gasteiger partial charge in [0.05, 0.1) is 0 Å². The number of hydrogen-bond acceptors (Lipinski definition) is 3. The summed E-state index contributed by atoms with van der Waals surface area (Å²) in [5, 5.41) is 0. The first kappa shape index (κ1) is 19.5. The maximum Gasteiger partial charge on any atom is 0.253 e. The van der Waals surface area contributed by atoms with Crippen molar-refractivity contribution in [1.29, 1.82) is 0 Å². The Kier molecular flexibility index (Phi) is 6.24. The smallest absolute Gasteiger partial charge is 0.253 e. The number of amides is 1. The van der Waals surface area contributed by atoms with Gasteiger partial charge in [-0.1, -0.05) is 62.5 Å². The molecule has 2 aromatic carbocycles. The van der Waals surface area contributed by atoms with Crippen LogP contribution in [0.15, 0.2) is 48.5 Å². The minimum absolute atomic E-state index is 0.0745. The van der Waals surface area contributed by atoms with Crippen molar-refractivity contribution >= 4 is 23.1 Å². The van der Waals surface area contributed by atoms with E-state index in [1.807, 2.05) is 17.0 Å². The minimum Gasteiger partial charge on any atom is -0.389 e. The molecule has 1 aliphatic heterocycles. The number of rotatable bonds is 5. The third-order valence-corrected chi connectivity index (χ3v) is 5.36. The second-order valence-electron chi connectivity index (χ2n) is 7.41. The maximum atomic E-state index is 12.7. The van der Waals surface area contributed by atoms with Crippen LogP contribution in [0, 0.1) is 0 Å². The Morgan fingerprint density at radius 2 is 1.52 bits per heavy atom. The Labute approximate surface area is 167 Å². The molecule has 1 saturated heterocycles. The first-order valence-electron chi connectivity index (χ1n) is 9.44. The highest BCUT2D eigenvalue weighted by Crippen LogP contribution is 2.17. The summed E-state index contributed by atoms with van der Waals surface area (Å²) in [4.78, 5) is 17.4. The summed E-state index contributed by atoms with van der Waals surface area (Å²) in [7, 11) is 0. The molecule has 1 heterocycles. The van der Waals surface area contributed by atoms with Crippen molar-refractivity contribution in [3.8, 4) is 0 Å². The van der Waals surface area contributed by atoms with E-state index in [4.69, 9.17) is 18.0 Å². The van der Waals surface area contributed by atoms with E-state index in [0.29, 0.717) is 16.5 Å². The Hall–Kier alpha value is -2.24. The molecule has 2 N–H and O–H groups in total. The van der Waals surface area contributed by atoms with E-state index in [9.17, 15) is 4.79 Å². The number of benzene rings is 2. The molecule has 4 nitrogen and oxygen atoms in total. The van der Waals surface area contributed by atoms with Crippen LogP contribution in [0.5, 0.6) is 0 Å². The number of carbonyl (C=O) groups is 1. The van der Waals surface area contributed by atoms with Gasteiger partial charge in [0.2, 0.25) is 0 Å². The first-order valence-corrected chi connectivity index (χ1v) is 9.85. The zero-order valence-corrected chi connectivity index (χ0v) is 16.8. The molecule has 0 atom stereocenters. The Morgan fingerprint density at radius 3 is 2.04 bits per heavy atom. The van der Waals surface area contributed by atoms with Crippen LogP contribution < -0.4 is 5.73 Å². The fourth-order valence-electron chi connectivity index (χ4n) is 3.33. The summed E-state index contributed by atoms with van der Waals surface area (Å²) in [5.74, 6) is 0.633. The van der Waals surface area contributed by atoms with Crippen molar-refractivity contribution in [1.82, 2.24) is 9.80 Å². The number of piperazine rings is 1. The van der Waals surface area contributed by atoms with Gasteiger partial charge in [-0.05, 0) is 29.2 Å². The number of thiocarbonyl (C=S) groups is 1. The van der Waals surface area contributed by atoms with Crippen LogP contribution in [0.1, 0.15) is 46.8 Å². The third-order valence-electron chi connectivity index (χ3n) is 5.13. The van der Waals surface area contributed by atoms with Gasteiger partial charge in [0, 0.05) is 43.9 Å². The van der Waals surface area contributed by atoms with Crippen molar-refractivity contribution < 1.29 is 4.79 Å². The fourth-order valence-corrected chi connectivity index (χ4v) is 3.47. The predicted octanol–water partition coefficient (Wildman–Crippen LogP) is 3.40. The van der Waals surface area contributed by atoms with Crippen LogP contribution in [0.25, 0.3) is 0 Å². The van der Waals surface area contributed by atoms with Crippen LogP contribution in [-0.2, 0) is 6.54 Å². The quantitative estimate of drug-likeness (QED) is 0.807. The van der Waals surface area contributed by atoms with Crippen molar-refractivity contribution in [2.45, 2.75) is 26.3 Å². The topological polar surface area (TPSA) is 49.6 Å². The summed E-state index contributed by atoms with van der Waals surface area (Å²) in [6.07, 6.45) is 0. The second-order valence-corrected chi connectivity index (χ2v) is 7.85. The van der Waals surface area contributed by atoms with E-state index < -0.39 is 0 Å². The van der Waals surface area contributed by atoms with Crippen LogP contribution >= 0.6 is 12.2 Å². The molecular weight excluding hydrogens is 354 g/mol. The summed E-state index contributed by atoms with van der Waals surface area (Å²) >= 11 is 4.96. The normalized spacial score (nSPS) is 15.1. The molecule has 0 bridgehead atoms. The molecular formula is C22H27N3OS. The molecule has 0 spiro atoms. The molecule has 3 rings (SSSR count). The fraction of sp³-hybridized carbons (Fsp3) is 0.364. The first-order chi connectivity index (χ1) is 12.9. The molecule has 1 fully saturated rings. The Morgan fingerprint density at radius 1 is 0.963 bits per heavy atom. The molecule has 2 aromatic rings. The summed E-state index contributed by atoms with van der Waals surface area (Å²) in [5.41, 5.74) is 9.79. The SMILES string of the molecule is CC(C)c1ccc(CN2CCN(C(=O)c3ccc(C(N)=S)cc3)CC2)cc1. The molecule has 142 valence electrons. The molecule has 0 radical (unpaired) electrons. The van der Waals surface area contributed by atoms with E-state index in [-0.39, 0.29) is 5.91 Å². The average Bonchev–Trinajstić information content (AvgIpc) is 2.68. The zero-order valence-electron chi connectivity index (χ0n) is 16.0. The molecule has 0 aliphatic carbocycles. The molecule has 27 heavy (non-hydrogen) atoms. The van der Waals surface area contributed by atoms with Gasteiger partial charge in [-0.2, -0.15) is 0 Å². The van der Waals surface area contributed by atoms with Gasteiger partial charge >= 0.3 is 0 Å². The monoisotopic (exact) mass is 381 g/mol. The number of hydrogen-bond donors (Lipinski definition) is 1. The highest BCUT2D eigenvalue weighted by atomic mass is 32.1. The van der Waals surface area contributed by atoms with E-state index in [2.05, 4.69) is 43.0 Å². The highest BCUT2D eigenvalue weighted by Gasteiger charge is 2.22. The number of nitrogens with zero attached hydrogens (tertiary/aromatic N) is 2. The lowest BCUT2D eigenvalue weighted by Crippen LogP contribution is -2.48. The van der Waals surface area contributed by atoms with Gasteiger partial charge in [0.25, 0.3) is 5.91 Å². The standard InChI is InChI=1S/C22H27N3OS/c1-16(2)18-5-3-17(4-6-18)15-24-11-13-25(14-12-24)22(26)20-9-7-19(8-10-20)21(23)27/h3-10,16H,11-15H2,1-2H3,(H2,23,27). The Bertz CT molecular complexity index is 791. The summed E-state index contributed by atoms with van der Waals surface area (Å²) < 4.78 is 0. The second kappa shape index (κ2) is 8.63. The van der Waals surface area contributed by atoms with Gasteiger partial charge in [-0.25, -0.2) is 0 Å². The summed E-state index contributed by atoms with van der Waals surface area (Å²) in [6.45, 7) is 8.64. The van der Waals surface area contributed by atoms with Crippen LogP contribution in [-0.4, -0.2) is 46.9 Å². The predicted molar refractivity (Wildman–Crippen MR) is 114 cm³/mol. The van der Waals surface area contributed by atoms with Crippen molar-refractivity contribution in [3.05, 3.63) is 70.8 Å². The van der Waals surface area contributed by atoms with Crippen LogP contribution in [0.2, 0.25) is 0 Å². The van der Waals surface area contributed by atoms with E-state index >= 15 is 0 Å². The molecule has 1 amide bonds. The van der Waals surface area contributed by atoms with E-state index in [1.54, 1.807) is 12.1 Å². The lowest BCUT2D eigenvalue weighted by molar-refractivity contribution is 0.0628. The van der Waals surface area contributed by atoms with Crippen LogP contribution in [0.4, 0.5) is 0 Å². The van der Waals surface area contributed by atoms with Crippen molar-refractivity contribution in [3.63, 3.8) is 0 Å². The highest BCUT2D eigenvalue weighted by molar-refractivity contribution is 7.80. The van der Waals surface area contributed by atoms with Gasteiger partial charge < -0.3 is 10.6 Å². The largest absolute Gasteiger partial charge is 0.389 e. The van der Waals surface area contributed by atoms with E-state index in [0.717, 1.165) is 38.3 Å². The Balaban J connectivity index is 1.53. The molecule has 0 aromatic heterocycles. The lowest BCUT2D eigenvalue weighted by atomic mass is 10.0. The van der Waals surface area contributed by atoms with Gasteiger partial charge in [-0.15, -0.1) is 0 Å². The van der Waals surface area contributed by atoms with Gasteiger partial charge in [-0.3, -0.25) is 9.69 Å². The maximum absolute atomic E-state index is 12.7. The third kappa shape index (κ3) is 4.93. The molecule has 1 aliphatic rings. The number of nitrogens with two attached hydrogens (primary N) is 1. The lowest BCUT2D eigenvalue weighted by Gasteiger charge is -2.34. The zero-order chi connectivity index (χ0) is 19.4. The summed E-state index contributed by atoms with van der Waals surface area (Å²) in [6, 6.07) is 16.1. The van der Waals surface area contributed by atoms with Gasteiger partial charge in [0.1, 0.15) is 4.99 Å². The van der Waals surface area contributed by atoms with Crippen molar-refractivity contribution in [2.24, 2.45) is 5.73 Å². The van der Waals surface area contributed by atoms with Crippen LogP contribution in [0.3, 0.4) is 0 Å². The molecule has 5 heteroatoms. The van der Waals surface area contributed by atoms with Gasteiger partial charge in [0.15, 0.2) is 0 Å². The average molecular weight is 382 g/mol. The molecule has 0 saturated carbocycles. The molecule has 0 unspecified atom stereocenters. The van der Waals surface area contributed by atoms with E-state index in [1.165, 1.54) is 11.1 Å². The van der Waals surface area contributed by atoms with Crippen molar-refractivity contribution in [2.75, 3.05) is 26.2 Å². The minimum atomic E-state index is 0.0745.